The normalized spacial score (nSPS) is 13.1. The number of hydrogen-bond donors (Lipinski definition) is 1. The maximum Gasteiger partial charge on any atom is 0.216 e. The molecule has 6 heteroatoms. The van der Waals surface area contributed by atoms with Gasteiger partial charge in [0, 0.05) is 11.1 Å². The van der Waals surface area contributed by atoms with Gasteiger partial charge < -0.3 is 9.84 Å². The number of benzene rings is 2. The van der Waals surface area contributed by atoms with E-state index in [1.807, 2.05) is 47.6 Å². The highest BCUT2D eigenvalue weighted by molar-refractivity contribution is 7.95. The van der Waals surface area contributed by atoms with E-state index in [0.717, 1.165) is 18.4 Å². The summed E-state index contributed by atoms with van der Waals surface area (Å²) in [4.78, 5) is -0.311. The molecule has 0 fully saturated rings. The van der Waals surface area contributed by atoms with Crippen LogP contribution < -0.4 is 0 Å². The van der Waals surface area contributed by atoms with Crippen molar-refractivity contribution in [2.75, 3.05) is 6.61 Å². The first-order valence-electron chi connectivity index (χ1n) is 11.8. The SMILES string of the molecule is CCCCO/C=C/c1ccc(S(=O)(=O)/C(C#N)=C/c2cc(C(C)(C)C)c(O)c(C(C)(C)C)c2)cc1. The van der Waals surface area contributed by atoms with Crippen LogP contribution in [0.1, 0.15) is 83.6 Å². The van der Waals surface area contributed by atoms with E-state index in [9.17, 15) is 18.8 Å². The highest BCUT2D eigenvalue weighted by atomic mass is 32.2. The van der Waals surface area contributed by atoms with Crippen LogP contribution >= 0.6 is 0 Å². The third kappa shape index (κ3) is 7.22. The number of allylic oxidation sites excluding steroid dienone is 1. The highest BCUT2D eigenvalue weighted by Crippen LogP contribution is 2.40. The highest BCUT2D eigenvalue weighted by Gasteiger charge is 2.27. The van der Waals surface area contributed by atoms with Gasteiger partial charge in [-0.05, 0) is 64.8 Å². The summed E-state index contributed by atoms with van der Waals surface area (Å²) in [5.74, 6) is 0.200. The molecule has 0 aliphatic rings. The van der Waals surface area contributed by atoms with Crippen molar-refractivity contribution in [3.63, 3.8) is 0 Å². The van der Waals surface area contributed by atoms with Gasteiger partial charge >= 0.3 is 0 Å². The number of phenolic OH excluding ortho intramolecular Hbond substituents is 1. The van der Waals surface area contributed by atoms with Crippen molar-refractivity contribution in [1.82, 2.24) is 0 Å². The molecule has 0 saturated heterocycles. The Labute approximate surface area is 210 Å². The molecule has 0 atom stereocenters. The van der Waals surface area contributed by atoms with E-state index < -0.39 is 9.84 Å². The lowest BCUT2D eigenvalue weighted by molar-refractivity contribution is 0.246. The standard InChI is InChI=1S/C29H37NO4S/c1-8-9-15-34-16-14-21-10-12-23(13-11-21)35(32,33)24(20-30)17-22-18-25(28(2,3)4)27(31)26(19-22)29(5,6)7/h10-14,16-19,31H,8-9,15H2,1-7H3/b16-14+,24-17+. The predicted octanol–water partition coefficient (Wildman–Crippen LogP) is 7.11. The number of phenols is 1. The number of unbranched alkanes of at least 4 members (excludes halogenated alkanes) is 1. The van der Waals surface area contributed by atoms with Gasteiger partial charge in [-0.3, -0.25) is 0 Å². The van der Waals surface area contributed by atoms with Gasteiger partial charge in [-0.1, -0.05) is 67.0 Å². The average molecular weight is 496 g/mol. The number of nitriles is 1. The van der Waals surface area contributed by atoms with Gasteiger partial charge in [-0.2, -0.15) is 5.26 Å². The Morgan fingerprint density at radius 1 is 1.00 bits per heavy atom. The Hall–Kier alpha value is -3.04. The number of aromatic hydroxyl groups is 1. The summed E-state index contributed by atoms with van der Waals surface area (Å²) < 4.78 is 31.9. The first-order valence-corrected chi connectivity index (χ1v) is 13.3. The van der Waals surface area contributed by atoms with Gasteiger partial charge in [0.1, 0.15) is 16.7 Å². The fraction of sp³-hybridized carbons (Fsp3) is 0.414. The van der Waals surface area contributed by atoms with Gasteiger partial charge in [0.15, 0.2) is 0 Å². The van der Waals surface area contributed by atoms with Crippen molar-refractivity contribution in [1.29, 1.82) is 5.26 Å². The molecule has 1 N–H and O–H groups in total. The summed E-state index contributed by atoms with van der Waals surface area (Å²) >= 11 is 0. The third-order valence-electron chi connectivity index (χ3n) is 5.61. The van der Waals surface area contributed by atoms with Crippen LogP contribution in [0.3, 0.4) is 0 Å². The van der Waals surface area contributed by atoms with Crippen LogP contribution in [0.5, 0.6) is 5.75 Å². The third-order valence-corrected chi connectivity index (χ3v) is 7.29. The number of ether oxygens (including phenoxy) is 1. The molecule has 0 amide bonds. The van der Waals surface area contributed by atoms with Crippen molar-refractivity contribution in [2.45, 2.75) is 77.0 Å². The predicted molar refractivity (Wildman–Crippen MR) is 143 cm³/mol. The minimum absolute atomic E-state index is 0.0419. The Bertz CT molecular complexity index is 1200. The number of nitrogens with zero attached hydrogens (tertiary/aromatic N) is 1. The lowest BCUT2D eigenvalue weighted by Crippen LogP contribution is -2.17. The molecule has 0 bridgehead atoms. The van der Waals surface area contributed by atoms with E-state index in [1.165, 1.54) is 18.2 Å². The summed E-state index contributed by atoms with van der Waals surface area (Å²) in [5.41, 5.74) is 2.01. The molecule has 0 aromatic heterocycles. The summed E-state index contributed by atoms with van der Waals surface area (Å²) in [5, 5.41) is 20.7. The molecule has 0 saturated carbocycles. The molecule has 0 radical (unpaired) electrons. The van der Waals surface area contributed by atoms with E-state index in [1.54, 1.807) is 36.6 Å². The minimum Gasteiger partial charge on any atom is -0.507 e. The molecule has 0 aliphatic heterocycles. The van der Waals surface area contributed by atoms with E-state index >= 15 is 0 Å². The van der Waals surface area contributed by atoms with Gasteiger partial charge in [0.25, 0.3) is 0 Å². The Kier molecular flexibility index (Phi) is 8.97. The van der Waals surface area contributed by atoms with Crippen LogP contribution in [0.15, 0.2) is 52.5 Å². The van der Waals surface area contributed by atoms with E-state index in [0.29, 0.717) is 23.3 Å². The van der Waals surface area contributed by atoms with Gasteiger partial charge in [0.2, 0.25) is 9.84 Å². The fourth-order valence-electron chi connectivity index (χ4n) is 3.51. The lowest BCUT2D eigenvalue weighted by Gasteiger charge is -2.28. The Balaban J connectivity index is 2.48. The molecule has 0 aliphatic carbocycles. The minimum atomic E-state index is -4.02. The van der Waals surface area contributed by atoms with Crippen LogP contribution in [0, 0.1) is 11.3 Å². The number of sulfone groups is 1. The maximum atomic E-state index is 13.3. The van der Waals surface area contributed by atoms with E-state index in [2.05, 4.69) is 6.92 Å². The van der Waals surface area contributed by atoms with E-state index in [4.69, 9.17) is 4.74 Å². The molecule has 2 rings (SSSR count). The van der Waals surface area contributed by atoms with Gasteiger partial charge in [-0.25, -0.2) is 8.42 Å². The van der Waals surface area contributed by atoms with Crippen LogP contribution in [-0.2, 0) is 25.4 Å². The van der Waals surface area contributed by atoms with Crippen molar-refractivity contribution >= 4 is 22.0 Å². The van der Waals surface area contributed by atoms with Crippen molar-refractivity contribution in [2.24, 2.45) is 0 Å². The molecule has 35 heavy (non-hydrogen) atoms. The van der Waals surface area contributed by atoms with Crippen LogP contribution in [0.4, 0.5) is 0 Å². The largest absolute Gasteiger partial charge is 0.507 e. The fourth-order valence-corrected chi connectivity index (χ4v) is 4.67. The molecule has 2 aromatic carbocycles. The van der Waals surface area contributed by atoms with Crippen LogP contribution in [0.2, 0.25) is 0 Å². The molecule has 0 spiro atoms. The van der Waals surface area contributed by atoms with Gasteiger partial charge in [-0.15, -0.1) is 0 Å². The summed E-state index contributed by atoms with van der Waals surface area (Å²) in [6.45, 7) is 14.6. The zero-order chi connectivity index (χ0) is 26.4. The summed E-state index contributed by atoms with van der Waals surface area (Å²) in [7, 11) is -4.02. The smallest absolute Gasteiger partial charge is 0.216 e. The van der Waals surface area contributed by atoms with E-state index in [-0.39, 0.29) is 26.4 Å². The lowest BCUT2D eigenvalue weighted by atomic mass is 9.78. The summed E-state index contributed by atoms with van der Waals surface area (Å²) in [6.07, 6.45) is 6.78. The van der Waals surface area contributed by atoms with Crippen molar-refractivity contribution < 1.29 is 18.3 Å². The second-order valence-electron chi connectivity index (χ2n) is 10.7. The van der Waals surface area contributed by atoms with Crippen molar-refractivity contribution in [3.8, 4) is 11.8 Å². The Morgan fingerprint density at radius 3 is 2.00 bits per heavy atom. The molecule has 0 heterocycles. The first-order chi connectivity index (χ1) is 16.2. The molecule has 5 nitrogen and oxygen atoms in total. The van der Waals surface area contributed by atoms with Crippen molar-refractivity contribution in [3.05, 3.63) is 69.8 Å². The topological polar surface area (TPSA) is 87.4 Å². The zero-order valence-electron chi connectivity index (χ0n) is 21.8. The Morgan fingerprint density at radius 2 is 1.54 bits per heavy atom. The molecule has 0 unspecified atom stereocenters. The molecular formula is C29H37NO4S. The molecule has 2 aromatic rings. The van der Waals surface area contributed by atoms with Crippen LogP contribution in [0.25, 0.3) is 12.2 Å². The molecular weight excluding hydrogens is 458 g/mol. The maximum absolute atomic E-state index is 13.3. The average Bonchev–Trinajstić information content (AvgIpc) is 2.76. The monoisotopic (exact) mass is 495 g/mol. The number of rotatable bonds is 8. The van der Waals surface area contributed by atoms with Gasteiger partial charge in [0.05, 0.1) is 17.8 Å². The number of hydrogen-bond acceptors (Lipinski definition) is 5. The van der Waals surface area contributed by atoms with Crippen LogP contribution in [-0.4, -0.2) is 20.1 Å². The molecule has 188 valence electrons. The quantitative estimate of drug-likeness (QED) is 0.239. The summed E-state index contributed by atoms with van der Waals surface area (Å²) in [6, 6.07) is 11.7. The zero-order valence-corrected chi connectivity index (χ0v) is 22.7. The second-order valence-corrected chi connectivity index (χ2v) is 12.6. The first kappa shape index (κ1) is 28.2. The second kappa shape index (κ2) is 11.1.